The average Bonchev–Trinajstić information content (AvgIpc) is 3.22. The Balaban J connectivity index is 2.37. The number of Topliss-reactive ketones (excluding diaryl/α,β-unsaturated/α-hetero) is 1. The van der Waals surface area contributed by atoms with Crippen LogP contribution in [0.4, 0.5) is 13.2 Å². The molecule has 0 unspecified atom stereocenters. The molecule has 1 aliphatic rings. The molecule has 1 fully saturated rings. The van der Waals surface area contributed by atoms with Crippen LogP contribution in [0.25, 0.3) is 0 Å². The van der Waals surface area contributed by atoms with Gasteiger partial charge in [0, 0.05) is 24.7 Å². The van der Waals surface area contributed by atoms with E-state index in [4.69, 9.17) is 18.3 Å². The van der Waals surface area contributed by atoms with Crippen LogP contribution in [0.5, 0.6) is 5.75 Å². The highest BCUT2D eigenvalue weighted by molar-refractivity contribution is 6.74. The molecule has 0 aliphatic heterocycles. The third kappa shape index (κ3) is 13.4. The molecular weight excluding hydrogens is 666 g/mol. The summed E-state index contributed by atoms with van der Waals surface area (Å²) in [6.07, 6.45) is 5.09. The zero-order chi connectivity index (χ0) is 37.4. The molecule has 1 saturated carbocycles. The van der Waals surface area contributed by atoms with Crippen molar-refractivity contribution in [3.63, 3.8) is 0 Å². The zero-order valence-electron chi connectivity index (χ0n) is 31.8. The molecule has 0 aromatic heterocycles. The maximum Gasteiger partial charge on any atom is 0.416 e. The number of benzene rings is 1. The van der Waals surface area contributed by atoms with Crippen LogP contribution in [0.1, 0.15) is 93.1 Å². The summed E-state index contributed by atoms with van der Waals surface area (Å²) >= 11 is 0. The predicted molar refractivity (Wildman–Crippen MR) is 196 cm³/mol. The maximum absolute atomic E-state index is 13.5. The second-order valence-electron chi connectivity index (χ2n) is 16.5. The first-order chi connectivity index (χ1) is 22.3. The summed E-state index contributed by atoms with van der Waals surface area (Å²) in [5.74, 6) is -0.470. The lowest BCUT2D eigenvalue weighted by Crippen LogP contribution is -2.45. The average molecular weight is 727 g/mol. The SMILES string of the molecule is CC(C)OC(=O)CCC/C=C\C[C@H]1C(=O)C[C@@H](O[Si](C)(C)C(C)(C)C)[C@@H]1/C=C/[C@H](COc1cccc(C(F)(F)F)c1)O[Si](C)(C)C(C)(C)C. The van der Waals surface area contributed by atoms with Gasteiger partial charge in [0.1, 0.15) is 18.1 Å². The van der Waals surface area contributed by atoms with Crippen LogP contribution >= 0.6 is 0 Å². The Hall–Kier alpha value is -2.22. The summed E-state index contributed by atoms with van der Waals surface area (Å²) in [4.78, 5) is 25.4. The van der Waals surface area contributed by atoms with E-state index in [1.165, 1.54) is 12.1 Å². The molecule has 0 spiro atoms. The molecule has 1 aliphatic carbocycles. The highest BCUT2D eigenvalue weighted by Crippen LogP contribution is 2.43. The van der Waals surface area contributed by atoms with Crippen LogP contribution in [-0.2, 0) is 29.4 Å². The van der Waals surface area contributed by atoms with Gasteiger partial charge in [-0.1, -0.05) is 71.9 Å². The summed E-state index contributed by atoms with van der Waals surface area (Å²) in [6.45, 7) is 25.2. The quantitative estimate of drug-likeness (QED) is 0.0731. The third-order valence-corrected chi connectivity index (χ3v) is 19.0. The minimum Gasteiger partial charge on any atom is -0.491 e. The smallest absolute Gasteiger partial charge is 0.416 e. The van der Waals surface area contributed by atoms with E-state index in [0.717, 1.165) is 12.1 Å². The zero-order valence-corrected chi connectivity index (χ0v) is 33.8. The minimum atomic E-state index is -4.48. The number of allylic oxidation sites excluding steroid dienone is 2. The van der Waals surface area contributed by atoms with Crippen molar-refractivity contribution in [3.8, 4) is 5.75 Å². The number of rotatable bonds is 16. The Bertz CT molecular complexity index is 1290. The highest BCUT2D eigenvalue weighted by atomic mass is 28.4. The lowest BCUT2D eigenvalue weighted by atomic mass is 9.90. The standard InChI is InChI=1S/C38H61F3O6Si2/c1-27(2)45-35(43)21-16-14-13-15-20-31-32(34(25-33(31)42)47-49(11,12)37(6,7)8)23-22-30(46-48(9,10)36(3,4)5)26-44-29-19-17-18-28(24-29)38(39,40)41/h13,15,17-19,22-24,27,30-32,34H,14,16,20-21,25-26H2,1-12H3/b15-13-,23-22+/t30-,31-,32-,34-/m1/s1. The minimum absolute atomic E-state index is 0.0164. The van der Waals surface area contributed by atoms with Crippen molar-refractivity contribution in [1.29, 1.82) is 0 Å². The first kappa shape index (κ1) is 42.9. The van der Waals surface area contributed by atoms with Gasteiger partial charge in [0.2, 0.25) is 0 Å². The predicted octanol–water partition coefficient (Wildman–Crippen LogP) is 10.7. The normalized spacial score (nSPS) is 20.5. The number of alkyl halides is 3. The van der Waals surface area contributed by atoms with E-state index < -0.39 is 34.5 Å². The summed E-state index contributed by atoms with van der Waals surface area (Å²) in [5, 5.41) is -0.169. The van der Waals surface area contributed by atoms with Crippen LogP contribution in [0, 0.1) is 11.8 Å². The van der Waals surface area contributed by atoms with Crippen LogP contribution in [-0.4, -0.2) is 53.3 Å². The number of carbonyl (C=O) groups is 2. The van der Waals surface area contributed by atoms with Gasteiger partial charge in [0.25, 0.3) is 0 Å². The van der Waals surface area contributed by atoms with E-state index in [2.05, 4.69) is 67.7 Å². The van der Waals surface area contributed by atoms with Crippen LogP contribution in [0.3, 0.4) is 0 Å². The van der Waals surface area contributed by atoms with Crippen LogP contribution < -0.4 is 4.74 Å². The van der Waals surface area contributed by atoms with Crippen molar-refractivity contribution in [2.24, 2.45) is 11.8 Å². The number of esters is 1. The molecule has 0 saturated heterocycles. The summed E-state index contributed by atoms with van der Waals surface area (Å²) < 4.78 is 64.9. The van der Waals surface area contributed by atoms with Crippen LogP contribution in [0.15, 0.2) is 48.6 Å². The van der Waals surface area contributed by atoms with Crippen molar-refractivity contribution in [2.75, 3.05) is 6.61 Å². The molecule has 0 amide bonds. The third-order valence-electron chi connectivity index (χ3n) is 10.0. The first-order valence-corrected chi connectivity index (χ1v) is 23.4. The Morgan fingerprint density at radius 3 is 2.18 bits per heavy atom. The lowest BCUT2D eigenvalue weighted by Gasteiger charge is -2.40. The fraction of sp³-hybridized carbons (Fsp3) is 0.684. The van der Waals surface area contributed by atoms with Gasteiger partial charge in [-0.25, -0.2) is 0 Å². The van der Waals surface area contributed by atoms with Gasteiger partial charge in [0.05, 0.1) is 23.9 Å². The van der Waals surface area contributed by atoms with Crippen molar-refractivity contribution < 1.29 is 41.1 Å². The van der Waals surface area contributed by atoms with Crippen molar-refractivity contribution in [3.05, 3.63) is 54.1 Å². The van der Waals surface area contributed by atoms with E-state index in [9.17, 15) is 22.8 Å². The van der Waals surface area contributed by atoms with E-state index >= 15 is 0 Å². The summed E-state index contributed by atoms with van der Waals surface area (Å²) in [6, 6.07) is 4.86. The number of carbonyl (C=O) groups excluding carboxylic acids is 2. The number of ether oxygens (including phenoxy) is 2. The van der Waals surface area contributed by atoms with Gasteiger partial charge in [-0.3, -0.25) is 9.59 Å². The van der Waals surface area contributed by atoms with E-state index in [-0.39, 0.29) is 58.2 Å². The second-order valence-corrected chi connectivity index (χ2v) is 26.1. The van der Waals surface area contributed by atoms with Gasteiger partial charge in [-0.2, -0.15) is 13.2 Å². The van der Waals surface area contributed by atoms with Crippen LogP contribution in [0.2, 0.25) is 36.3 Å². The summed E-state index contributed by atoms with van der Waals surface area (Å²) in [7, 11) is -4.56. The number of hydrogen-bond donors (Lipinski definition) is 0. The van der Waals surface area contributed by atoms with Gasteiger partial charge >= 0.3 is 12.1 Å². The molecule has 2 rings (SSSR count). The van der Waals surface area contributed by atoms with Gasteiger partial charge in [0.15, 0.2) is 16.6 Å². The number of ketones is 1. The lowest BCUT2D eigenvalue weighted by molar-refractivity contribution is -0.147. The molecule has 4 atom stereocenters. The molecular formula is C38H61F3O6Si2. The Kier molecular flexibility index (Phi) is 15.2. The molecule has 11 heteroatoms. The van der Waals surface area contributed by atoms with Crippen molar-refractivity contribution in [1.82, 2.24) is 0 Å². The molecule has 0 N–H and O–H groups in total. The Morgan fingerprint density at radius 1 is 0.980 bits per heavy atom. The molecule has 1 aromatic carbocycles. The number of unbranched alkanes of at least 4 members (excludes halogenated alkanes) is 1. The molecule has 278 valence electrons. The summed E-state index contributed by atoms with van der Waals surface area (Å²) in [5.41, 5.74) is -0.774. The van der Waals surface area contributed by atoms with E-state index in [1.54, 1.807) is 0 Å². The second kappa shape index (κ2) is 17.3. The number of halogens is 3. The molecule has 0 heterocycles. The largest absolute Gasteiger partial charge is 0.491 e. The van der Waals surface area contributed by atoms with Gasteiger partial charge < -0.3 is 18.3 Å². The first-order valence-electron chi connectivity index (χ1n) is 17.6. The van der Waals surface area contributed by atoms with Gasteiger partial charge in [-0.05, 0) is 87.6 Å². The molecule has 0 radical (unpaired) electrons. The van der Waals surface area contributed by atoms with Crippen molar-refractivity contribution in [2.45, 2.75) is 148 Å². The number of hydrogen-bond acceptors (Lipinski definition) is 6. The van der Waals surface area contributed by atoms with Gasteiger partial charge in [-0.15, -0.1) is 0 Å². The molecule has 0 bridgehead atoms. The Labute approximate surface area is 295 Å². The fourth-order valence-electron chi connectivity index (χ4n) is 5.11. The molecule has 6 nitrogen and oxygen atoms in total. The maximum atomic E-state index is 13.5. The van der Waals surface area contributed by atoms with E-state index in [0.29, 0.717) is 32.1 Å². The Morgan fingerprint density at radius 2 is 1.61 bits per heavy atom. The monoisotopic (exact) mass is 726 g/mol. The topological polar surface area (TPSA) is 71.1 Å². The molecule has 49 heavy (non-hydrogen) atoms. The fourth-order valence-corrected chi connectivity index (χ4v) is 7.71. The van der Waals surface area contributed by atoms with Crippen molar-refractivity contribution >= 4 is 28.4 Å². The highest BCUT2D eigenvalue weighted by Gasteiger charge is 2.47. The molecule has 1 aromatic rings. The van der Waals surface area contributed by atoms with E-state index in [1.807, 2.05) is 38.2 Å².